The van der Waals surface area contributed by atoms with E-state index in [-0.39, 0.29) is 5.91 Å². The number of oxazole rings is 1. The molecular weight excluding hydrogens is 290 g/mol. The van der Waals surface area contributed by atoms with Gasteiger partial charge in [0.2, 0.25) is 0 Å². The number of amides is 1. The Hall–Kier alpha value is -2.14. The van der Waals surface area contributed by atoms with Gasteiger partial charge in [-0.3, -0.25) is 9.69 Å². The minimum Gasteiger partial charge on any atom is -0.448 e. The zero-order valence-electron chi connectivity index (χ0n) is 13.7. The summed E-state index contributed by atoms with van der Waals surface area (Å²) in [5.41, 5.74) is 3.11. The van der Waals surface area contributed by atoms with E-state index in [1.54, 1.807) is 6.92 Å². The number of hydrogen-bond donors (Lipinski definition) is 1. The second kappa shape index (κ2) is 6.96. The Kier molecular flexibility index (Phi) is 4.76. The van der Waals surface area contributed by atoms with Crippen molar-refractivity contribution in [1.82, 2.24) is 15.2 Å². The molecule has 5 nitrogen and oxygen atoms in total. The number of aryl methyl sites for hydroxylation is 2. The summed E-state index contributed by atoms with van der Waals surface area (Å²) < 4.78 is 5.07. The summed E-state index contributed by atoms with van der Waals surface area (Å²) in [6.07, 6.45) is 2.42. The molecule has 1 aliphatic rings. The van der Waals surface area contributed by atoms with Crippen LogP contribution in [0.5, 0.6) is 0 Å². The van der Waals surface area contributed by atoms with E-state index in [1.807, 2.05) is 0 Å². The molecule has 0 bridgehead atoms. The molecule has 0 aliphatic carbocycles. The second-order valence-electron chi connectivity index (χ2n) is 6.28. The van der Waals surface area contributed by atoms with Crippen LogP contribution in [0.15, 0.2) is 35.1 Å². The minimum atomic E-state index is -0.145. The molecule has 3 rings (SSSR count). The fourth-order valence-electron chi connectivity index (χ4n) is 3.10. The zero-order chi connectivity index (χ0) is 16.2. The number of hydrogen-bond acceptors (Lipinski definition) is 4. The molecule has 1 aliphatic heterocycles. The van der Waals surface area contributed by atoms with Crippen molar-refractivity contribution in [2.45, 2.75) is 26.8 Å². The molecule has 1 aromatic carbocycles. The maximum Gasteiger partial charge on any atom is 0.273 e. The van der Waals surface area contributed by atoms with Crippen LogP contribution < -0.4 is 5.32 Å². The summed E-state index contributed by atoms with van der Waals surface area (Å²) >= 11 is 0. The first kappa shape index (κ1) is 15.7. The molecule has 23 heavy (non-hydrogen) atoms. The van der Waals surface area contributed by atoms with Crippen LogP contribution in [0.1, 0.15) is 33.8 Å². The Morgan fingerprint density at radius 2 is 2.22 bits per heavy atom. The van der Waals surface area contributed by atoms with E-state index in [9.17, 15) is 4.79 Å². The van der Waals surface area contributed by atoms with Crippen LogP contribution >= 0.6 is 0 Å². The van der Waals surface area contributed by atoms with Crippen LogP contribution in [-0.2, 0) is 6.54 Å². The number of aromatic nitrogens is 1. The quantitative estimate of drug-likeness (QED) is 0.921. The Morgan fingerprint density at radius 1 is 1.39 bits per heavy atom. The summed E-state index contributed by atoms with van der Waals surface area (Å²) in [4.78, 5) is 18.5. The van der Waals surface area contributed by atoms with Gasteiger partial charge in [-0.15, -0.1) is 0 Å². The molecule has 1 amide bonds. The van der Waals surface area contributed by atoms with Crippen LogP contribution in [0.3, 0.4) is 0 Å². The van der Waals surface area contributed by atoms with Gasteiger partial charge in [-0.05, 0) is 43.9 Å². The summed E-state index contributed by atoms with van der Waals surface area (Å²) in [6, 6.07) is 8.52. The SMILES string of the molecule is Cc1ccccc1CN1CC[C@H](CNC(=O)c2ncoc2C)C1. The van der Waals surface area contributed by atoms with Gasteiger partial charge in [0.05, 0.1) is 0 Å². The molecule has 1 saturated heterocycles. The lowest BCUT2D eigenvalue weighted by atomic mass is 10.1. The van der Waals surface area contributed by atoms with Gasteiger partial charge in [0.1, 0.15) is 5.76 Å². The van der Waals surface area contributed by atoms with Crippen LogP contribution in [0.4, 0.5) is 0 Å². The number of nitrogens with one attached hydrogen (secondary N) is 1. The third-order valence-corrected chi connectivity index (χ3v) is 4.54. The number of benzene rings is 1. The van der Waals surface area contributed by atoms with Gasteiger partial charge in [-0.2, -0.15) is 0 Å². The predicted molar refractivity (Wildman–Crippen MR) is 88.1 cm³/mol. The third kappa shape index (κ3) is 3.79. The molecule has 1 N–H and O–H groups in total. The van der Waals surface area contributed by atoms with Crippen LogP contribution in [0.2, 0.25) is 0 Å². The molecule has 0 unspecified atom stereocenters. The van der Waals surface area contributed by atoms with E-state index in [2.05, 4.69) is 46.4 Å². The van der Waals surface area contributed by atoms with E-state index < -0.39 is 0 Å². The van der Waals surface area contributed by atoms with Gasteiger partial charge in [-0.25, -0.2) is 4.98 Å². The molecule has 2 heterocycles. The number of likely N-dealkylation sites (tertiary alicyclic amines) is 1. The van der Waals surface area contributed by atoms with Crippen molar-refractivity contribution in [2.75, 3.05) is 19.6 Å². The highest BCUT2D eigenvalue weighted by molar-refractivity contribution is 5.93. The average Bonchev–Trinajstić information content (AvgIpc) is 3.16. The smallest absolute Gasteiger partial charge is 0.273 e. The number of nitrogens with zero attached hydrogens (tertiary/aromatic N) is 2. The average molecular weight is 313 g/mol. The van der Waals surface area contributed by atoms with Crippen LogP contribution in [0.25, 0.3) is 0 Å². The molecule has 1 fully saturated rings. The van der Waals surface area contributed by atoms with Gasteiger partial charge in [0.15, 0.2) is 12.1 Å². The second-order valence-corrected chi connectivity index (χ2v) is 6.28. The fraction of sp³-hybridized carbons (Fsp3) is 0.444. The first-order valence-electron chi connectivity index (χ1n) is 8.08. The summed E-state index contributed by atoms with van der Waals surface area (Å²) in [5, 5.41) is 2.98. The van der Waals surface area contributed by atoms with Crippen LogP contribution in [0, 0.1) is 19.8 Å². The van der Waals surface area contributed by atoms with Crippen molar-refractivity contribution >= 4 is 5.91 Å². The van der Waals surface area contributed by atoms with E-state index in [0.717, 1.165) is 26.1 Å². The molecule has 0 saturated carbocycles. The largest absolute Gasteiger partial charge is 0.448 e. The maximum atomic E-state index is 12.1. The van der Waals surface area contributed by atoms with Gasteiger partial charge in [0, 0.05) is 19.6 Å². The topological polar surface area (TPSA) is 58.4 Å². The molecule has 0 radical (unpaired) electrons. The van der Waals surface area contributed by atoms with E-state index in [0.29, 0.717) is 23.9 Å². The lowest BCUT2D eigenvalue weighted by Gasteiger charge is -2.17. The molecule has 0 spiro atoms. The lowest BCUT2D eigenvalue weighted by molar-refractivity contribution is 0.0941. The Balaban J connectivity index is 1.48. The van der Waals surface area contributed by atoms with Crippen molar-refractivity contribution in [3.8, 4) is 0 Å². The van der Waals surface area contributed by atoms with Gasteiger partial charge in [0.25, 0.3) is 5.91 Å². The predicted octanol–water partition coefficient (Wildman–Crippen LogP) is 2.54. The van der Waals surface area contributed by atoms with Crippen LogP contribution in [-0.4, -0.2) is 35.4 Å². The van der Waals surface area contributed by atoms with E-state index in [1.165, 1.54) is 17.5 Å². The number of rotatable bonds is 5. The molecule has 122 valence electrons. The Morgan fingerprint density at radius 3 is 2.96 bits per heavy atom. The molecule has 1 atom stereocenters. The zero-order valence-corrected chi connectivity index (χ0v) is 13.7. The highest BCUT2D eigenvalue weighted by atomic mass is 16.3. The molecule has 1 aromatic heterocycles. The maximum absolute atomic E-state index is 12.1. The number of carbonyl (C=O) groups excluding carboxylic acids is 1. The van der Waals surface area contributed by atoms with E-state index >= 15 is 0 Å². The van der Waals surface area contributed by atoms with Gasteiger partial charge >= 0.3 is 0 Å². The molecular formula is C18H23N3O2. The minimum absolute atomic E-state index is 0.145. The standard InChI is InChI=1S/C18H23N3O2/c1-13-5-3-4-6-16(13)11-21-8-7-15(10-21)9-19-18(22)17-14(2)23-12-20-17/h3-6,12,15H,7-11H2,1-2H3,(H,19,22)/t15-/m1/s1. The highest BCUT2D eigenvalue weighted by Crippen LogP contribution is 2.19. The van der Waals surface area contributed by atoms with Crippen molar-refractivity contribution < 1.29 is 9.21 Å². The van der Waals surface area contributed by atoms with Gasteiger partial charge < -0.3 is 9.73 Å². The summed E-state index contributed by atoms with van der Waals surface area (Å²) in [6.45, 7) is 7.68. The fourth-order valence-corrected chi connectivity index (χ4v) is 3.10. The first-order chi connectivity index (χ1) is 11.1. The highest BCUT2D eigenvalue weighted by Gasteiger charge is 2.24. The molecule has 5 heteroatoms. The van der Waals surface area contributed by atoms with Crippen molar-refractivity contribution in [3.63, 3.8) is 0 Å². The monoisotopic (exact) mass is 313 g/mol. The Labute approximate surface area is 136 Å². The van der Waals surface area contributed by atoms with E-state index in [4.69, 9.17) is 4.42 Å². The lowest BCUT2D eigenvalue weighted by Crippen LogP contribution is -2.31. The molecule has 2 aromatic rings. The normalized spacial score (nSPS) is 18.3. The summed E-state index contributed by atoms with van der Waals surface area (Å²) in [5.74, 6) is 0.916. The number of carbonyl (C=O) groups is 1. The Bertz CT molecular complexity index is 680. The van der Waals surface area contributed by atoms with Gasteiger partial charge in [-0.1, -0.05) is 24.3 Å². The van der Waals surface area contributed by atoms with Crippen molar-refractivity contribution in [1.29, 1.82) is 0 Å². The van der Waals surface area contributed by atoms with Crippen molar-refractivity contribution in [2.24, 2.45) is 5.92 Å². The third-order valence-electron chi connectivity index (χ3n) is 4.54. The first-order valence-corrected chi connectivity index (χ1v) is 8.08. The summed E-state index contributed by atoms with van der Waals surface area (Å²) in [7, 11) is 0. The van der Waals surface area contributed by atoms with Crippen molar-refractivity contribution in [3.05, 3.63) is 53.2 Å².